The smallest absolute Gasteiger partial charge is 0.106 e. The molecule has 1 aromatic rings. The average molecular weight is 245 g/mol. The summed E-state index contributed by atoms with van der Waals surface area (Å²) in [5, 5.41) is 8.94. The zero-order chi connectivity index (χ0) is 9.68. The van der Waals surface area contributed by atoms with Crippen LogP contribution in [0.4, 0.5) is 0 Å². The molecule has 3 N–H and O–H groups in total. The maximum absolute atomic E-state index is 8.94. The second-order valence-electron chi connectivity index (χ2n) is 2.94. The van der Waals surface area contributed by atoms with Crippen molar-refractivity contribution in [2.24, 2.45) is 11.7 Å². The maximum Gasteiger partial charge on any atom is 0.106 e. The van der Waals surface area contributed by atoms with Gasteiger partial charge in [-0.05, 0) is 46.9 Å². The number of hydrogen-bond donors (Lipinski definition) is 2. The first-order valence-electron chi connectivity index (χ1n) is 4.18. The largest absolute Gasteiger partial charge is 0.396 e. The molecule has 72 valence electrons. The van der Waals surface area contributed by atoms with E-state index in [1.165, 1.54) is 0 Å². The Balaban J connectivity index is 2.62. The van der Waals surface area contributed by atoms with Crippen molar-refractivity contribution in [3.63, 3.8) is 0 Å². The van der Waals surface area contributed by atoms with Crippen LogP contribution in [-0.2, 0) is 6.42 Å². The molecule has 0 saturated heterocycles. The summed E-state index contributed by atoms with van der Waals surface area (Å²) in [6.45, 7) is 0.607. The van der Waals surface area contributed by atoms with Crippen LogP contribution in [0.25, 0.3) is 0 Å². The topological polar surface area (TPSA) is 59.1 Å². The van der Waals surface area contributed by atoms with Crippen LogP contribution in [0.5, 0.6) is 0 Å². The van der Waals surface area contributed by atoms with Crippen molar-refractivity contribution >= 4 is 15.9 Å². The predicted molar refractivity (Wildman–Crippen MR) is 55.3 cm³/mol. The number of rotatable bonds is 4. The summed E-state index contributed by atoms with van der Waals surface area (Å²) >= 11 is 3.29. The minimum absolute atomic E-state index is 0.113. The van der Waals surface area contributed by atoms with E-state index in [-0.39, 0.29) is 12.5 Å². The summed E-state index contributed by atoms with van der Waals surface area (Å²) in [5.74, 6) is 0.113. The van der Waals surface area contributed by atoms with Gasteiger partial charge in [0, 0.05) is 12.3 Å². The van der Waals surface area contributed by atoms with Gasteiger partial charge in [-0.2, -0.15) is 0 Å². The summed E-state index contributed by atoms with van der Waals surface area (Å²) in [6, 6.07) is 5.74. The molecule has 1 atom stereocenters. The van der Waals surface area contributed by atoms with Crippen molar-refractivity contribution in [2.45, 2.75) is 6.42 Å². The Kier molecular flexibility index (Phi) is 4.35. The van der Waals surface area contributed by atoms with Gasteiger partial charge in [-0.15, -0.1) is 0 Å². The summed E-state index contributed by atoms with van der Waals surface area (Å²) in [6.07, 6.45) is 0.729. The molecule has 1 unspecified atom stereocenters. The molecule has 0 spiro atoms. The lowest BCUT2D eigenvalue weighted by molar-refractivity contribution is 0.229. The van der Waals surface area contributed by atoms with Crippen molar-refractivity contribution in [2.75, 3.05) is 13.2 Å². The standard InChI is InChI=1S/C9H13BrN2O/c10-9-3-1-2-8(12-9)4-7(5-11)6-13/h1-3,7,13H,4-6,11H2. The molecule has 0 bridgehead atoms. The minimum atomic E-state index is 0.113. The van der Waals surface area contributed by atoms with Gasteiger partial charge >= 0.3 is 0 Å². The summed E-state index contributed by atoms with van der Waals surface area (Å²) < 4.78 is 0.818. The van der Waals surface area contributed by atoms with Gasteiger partial charge in [0.25, 0.3) is 0 Å². The van der Waals surface area contributed by atoms with Crippen molar-refractivity contribution in [1.82, 2.24) is 4.98 Å². The SMILES string of the molecule is NCC(CO)Cc1cccc(Br)n1. The van der Waals surface area contributed by atoms with E-state index in [0.717, 1.165) is 16.7 Å². The molecule has 3 nitrogen and oxygen atoms in total. The molecule has 0 radical (unpaired) electrons. The number of nitrogens with zero attached hydrogens (tertiary/aromatic N) is 1. The molecular formula is C9H13BrN2O. The number of pyridine rings is 1. The van der Waals surface area contributed by atoms with E-state index in [0.29, 0.717) is 6.54 Å². The van der Waals surface area contributed by atoms with Crippen molar-refractivity contribution in [1.29, 1.82) is 0 Å². The zero-order valence-electron chi connectivity index (χ0n) is 7.28. The fourth-order valence-electron chi connectivity index (χ4n) is 1.08. The van der Waals surface area contributed by atoms with Crippen molar-refractivity contribution in [3.8, 4) is 0 Å². The molecule has 0 aliphatic carbocycles. The number of nitrogens with two attached hydrogens (primary N) is 1. The van der Waals surface area contributed by atoms with E-state index in [1.807, 2.05) is 18.2 Å². The molecule has 4 heteroatoms. The highest BCUT2D eigenvalue weighted by Gasteiger charge is 2.06. The zero-order valence-corrected chi connectivity index (χ0v) is 8.87. The molecule has 0 amide bonds. The molecule has 1 rings (SSSR count). The fourth-order valence-corrected chi connectivity index (χ4v) is 1.46. The third-order valence-corrected chi connectivity index (χ3v) is 2.30. The van der Waals surface area contributed by atoms with Crippen LogP contribution in [0.3, 0.4) is 0 Å². The second-order valence-corrected chi connectivity index (χ2v) is 3.75. The van der Waals surface area contributed by atoms with Crippen molar-refractivity contribution < 1.29 is 5.11 Å². The number of aromatic nitrogens is 1. The Bertz CT molecular complexity index is 264. The van der Waals surface area contributed by atoms with E-state index in [1.54, 1.807) is 0 Å². The van der Waals surface area contributed by atoms with Crippen LogP contribution in [0.15, 0.2) is 22.8 Å². The Morgan fingerprint density at radius 1 is 1.54 bits per heavy atom. The molecule has 0 aliphatic heterocycles. The summed E-state index contributed by atoms with van der Waals surface area (Å²) in [5.41, 5.74) is 6.43. The number of aliphatic hydroxyl groups excluding tert-OH is 1. The van der Waals surface area contributed by atoms with Crippen molar-refractivity contribution in [3.05, 3.63) is 28.5 Å². The number of aliphatic hydroxyl groups is 1. The van der Waals surface area contributed by atoms with Crippen LogP contribution in [0.2, 0.25) is 0 Å². The molecule has 0 saturated carbocycles. The minimum Gasteiger partial charge on any atom is -0.396 e. The first-order chi connectivity index (χ1) is 6.26. The van der Waals surface area contributed by atoms with Gasteiger partial charge in [0.05, 0.1) is 0 Å². The highest BCUT2D eigenvalue weighted by atomic mass is 79.9. The van der Waals surface area contributed by atoms with Crippen LogP contribution in [0.1, 0.15) is 5.69 Å². The Morgan fingerprint density at radius 2 is 2.31 bits per heavy atom. The predicted octanol–water partition coefficient (Wildman–Crippen LogP) is 0.954. The van der Waals surface area contributed by atoms with Gasteiger partial charge in [0.15, 0.2) is 0 Å². The maximum atomic E-state index is 8.94. The van der Waals surface area contributed by atoms with E-state index in [2.05, 4.69) is 20.9 Å². The third kappa shape index (κ3) is 3.42. The van der Waals surface area contributed by atoms with Gasteiger partial charge in [0.2, 0.25) is 0 Å². The molecule has 0 aliphatic rings. The first-order valence-corrected chi connectivity index (χ1v) is 4.98. The molecule has 0 fully saturated rings. The Hall–Kier alpha value is -0.450. The van der Waals surface area contributed by atoms with Gasteiger partial charge in [-0.3, -0.25) is 0 Å². The van der Waals surface area contributed by atoms with E-state index in [4.69, 9.17) is 10.8 Å². The molecule has 1 heterocycles. The van der Waals surface area contributed by atoms with E-state index in [9.17, 15) is 0 Å². The van der Waals surface area contributed by atoms with Gasteiger partial charge in [-0.1, -0.05) is 6.07 Å². The van der Waals surface area contributed by atoms with Crippen LogP contribution in [0, 0.1) is 5.92 Å². The first kappa shape index (κ1) is 10.6. The molecule has 1 aromatic heterocycles. The van der Waals surface area contributed by atoms with E-state index < -0.39 is 0 Å². The summed E-state index contributed by atoms with van der Waals surface area (Å²) in [7, 11) is 0. The van der Waals surface area contributed by atoms with Gasteiger partial charge in [-0.25, -0.2) is 4.98 Å². The molecule has 0 aromatic carbocycles. The average Bonchev–Trinajstić information content (AvgIpc) is 2.14. The second kappa shape index (κ2) is 5.32. The van der Waals surface area contributed by atoms with Crippen LogP contribution >= 0.6 is 15.9 Å². The molecular weight excluding hydrogens is 232 g/mol. The van der Waals surface area contributed by atoms with Gasteiger partial charge in [0.1, 0.15) is 4.60 Å². The lowest BCUT2D eigenvalue weighted by atomic mass is 10.0. The normalized spacial score (nSPS) is 12.8. The van der Waals surface area contributed by atoms with Gasteiger partial charge < -0.3 is 10.8 Å². The highest BCUT2D eigenvalue weighted by Crippen LogP contribution is 2.09. The quantitative estimate of drug-likeness (QED) is 0.776. The Morgan fingerprint density at radius 3 is 2.85 bits per heavy atom. The highest BCUT2D eigenvalue weighted by molar-refractivity contribution is 9.10. The van der Waals surface area contributed by atoms with Crippen LogP contribution in [-0.4, -0.2) is 23.2 Å². The number of halogens is 1. The number of hydrogen-bond acceptors (Lipinski definition) is 3. The van der Waals surface area contributed by atoms with Crippen LogP contribution < -0.4 is 5.73 Å². The Labute approximate surface area is 86.1 Å². The monoisotopic (exact) mass is 244 g/mol. The lowest BCUT2D eigenvalue weighted by Gasteiger charge is -2.10. The van der Waals surface area contributed by atoms with E-state index >= 15 is 0 Å². The third-order valence-electron chi connectivity index (χ3n) is 1.86. The summed E-state index contributed by atoms with van der Waals surface area (Å²) in [4.78, 5) is 4.26. The molecule has 13 heavy (non-hydrogen) atoms. The lowest BCUT2D eigenvalue weighted by Crippen LogP contribution is -2.20. The fraction of sp³-hybridized carbons (Fsp3) is 0.444.